The van der Waals surface area contributed by atoms with E-state index in [1.807, 2.05) is 0 Å². The second kappa shape index (κ2) is 8.40. The van der Waals surface area contributed by atoms with Crippen LogP contribution < -0.4 is 5.32 Å². The molecule has 0 spiro atoms. The Morgan fingerprint density at radius 1 is 1.29 bits per heavy atom. The predicted octanol–water partition coefficient (Wildman–Crippen LogP) is 3.20. The topological polar surface area (TPSA) is 97.2 Å². The lowest BCUT2D eigenvalue weighted by Gasteiger charge is -2.35. The van der Waals surface area contributed by atoms with Crippen molar-refractivity contribution >= 4 is 21.6 Å². The Morgan fingerprint density at radius 2 is 1.94 bits per heavy atom. The number of likely N-dealkylation sites (tertiary alicyclic amines) is 1. The van der Waals surface area contributed by atoms with Crippen LogP contribution in [0.25, 0.3) is 0 Å². The Balaban J connectivity index is 1.71. The van der Waals surface area contributed by atoms with Crippen LogP contribution in [-0.4, -0.2) is 52.5 Å². The number of carbonyl (C=O) groups excluding carboxylic acids is 1. The minimum Gasteiger partial charge on any atom is -0.325 e. The molecule has 14 heteroatoms. The highest BCUT2D eigenvalue weighted by molar-refractivity contribution is 7.92. The molecule has 3 rings (SSSR count). The van der Waals surface area contributed by atoms with Crippen molar-refractivity contribution in [3.05, 3.63) is 36.2 Å². The lowest BCUT2D eigenvalue weighted by Crippen LogP contribution is -2.47. The number of sulfone groups is 1. The van der Waals surface area contributed by atoms with Crippen LogP contribution in [-0.2, 0) is 16.9 Å². The number of pyridine rings is 1. The number of carbonyl (C=O) groups is 1. The van der Waals surface area contributed by atoms with Gasteiger partial charge in [-0.15, -0.1) is 0 Å². The molecule has 2 aromatic rings. The van der Waals surface area contributed by atoms with Crippen LogP contribution in [0.2, 0.25) is 0 Å². The number of amides is 2. The molecular formula is C17H18F5N5O3S. The van der Waals surface area contributed by atoms with Gasteiger partial charge in [-0.3, -0.25) is 4.68 Å². The summed E-state index contributed by atoms with van der Waals surface area (Å²) in [7, 11) is -4.30. The summed E-state index contributed by atoms with van der Waals surface area (Å²) in [4.78, 5) is 15.5. The highest BCUT2D eigenvalue weighted by atomic mass is 32.2. The van der Waals surface area contributed by atoms with Gasteiger partial charge in [0.2, 0.25) is 15.8 Å². The largest absolute Gasteiger partial charge is 0.353 e. The summed E-state index contributed by atoms with van der Waals surface area (Å²) in [6.07, 6.45) is -2.34. The van der Waals surface area contributed by atoms with Gasteiger partial charge in [0.25, 0.3) is 6.43 Å². The van der Waals surface area contributed by atoms with Gasteiger partial charge in [-0.25, -0.2) is 27.0 Å². The number of aromatic nitrogens is 3. The third kappa shape index (κ3) is 4.48. The van der Waals surface area contributed by atoms with Gasteiger partial charge in [-0.2, -0.15) is 18.3 Å². The number of halogens is 5. The van der Waals surface area contributed by atoms with Crippen molar-refractivity contribution in [2.75, 3.05) is 18.4 Å². The second-order valence-electron chi connectivity index (χ2n) is 6.98. The average molecular weight is 467 g/mol. The number of hydrogen-bond acceptors (Lipinski definition) is 5. The quantitative estimate of drug-likeness (QED) is 0.538. The fraction of sp³-hybridized carbons (Fsp3) is 0.471. The van der Waals surface area contributed by atoms with E-state index < -0.39 is 50.0 Å². The third-order valence-corrected chi connectivity index (χ3v) is 6.86. The maximum Gasteiger partial charge on any atom is 0.353 e. The Labute approximate surface area is 174 Å². The third-order valence-electron chi connectivity index (χ3n) is 4.91. The van der Waals surface area contributed by atoms with Crippen molar-refractivity contribution in [2.45, 2.75) is 29.4 Å². The molecule has 0 aromatic carbocycles. The number of urea groups is 1. The van der Waals surface area contributed by atoms with Crippen molar-refractivity contribution < 1.29 is 35.2 Å². The molecule has 1 aliphatic rings. The average Bonchev–Trinajstić information content (AvgIpc) is 3.11. The monoisotopic (exact) mass is 467 g/mol. The molecule has 0 atom stereocenters. The molecule has 31 heavy (non-hydrogen) atoms. The number of hydrogen-bond donors (Lipinski definition) is 1. The van der Waals surface area contributed by atoms with E-state index in [2.05, 4.69) is 15.4 Å². The number of rotatable bonds is 5. The highest BCUT2D eigenvalue weighted by Crippen LogP contribution is 2.42. The standard InChI is InChI=1S/C17H18F5N5O3S/c1-26-9-12(14(25-26)15(19)20)31(29,30)17(21,22)10-3-6-27(7-4-10)16(28)24-11-2-5-23-13(18)8-11/h2,5,8-10,15H,3-4,6-7H2,1H3,(H,23,24,28). The fourth-order valence-corrected chi connectivity index (χ4v) is 4.97. The van der Waals surface area contributed by atoms with Crippen molar-refractivity contribution in [1.29, 1.82) is 0 Å². The molecule has 2 aromatic heterocycles. The number of aryl methyl sites for hydroxylation is 1. The highest BCUT2D eigenvalue weighted by Gasteiger charge is 2.55. The Morgan fingerprint density at radius 3 is 2.52 bits per heavy atom. The molecule has 0 aliphatic carbocycles. The SMILES string of the molecule is Cn1cc(S(=O)(=O)C(F)(F)C2CCN(C(=O)Nc3ccnc(F)c3)CC2)c(C(F)F)n1. The van der Waals surface area contributed by atoms with E-state index in [-0.39, 0.29) is 31.6 Å². The minimum atomic E-state index is -5.45. The van der Waals surface area contributed by atoms with E-state index in [1.165, 1.54) is 11.0 Å². The van der Waals surface area contributed by atoms with Gasteiger partial charge in [0.05, 0.1) is 0 Å². The number of alkyl halides is 4. The zero-order valence-electron chi connectivity index (χ0n) is 16.1. The molecule has 0 saturated carbocycles. The van der Waals surface area contributed by atoms with E-state index in [4.69, 9.17) is 0 Å². The molecule has 3 heterocycles. The number of anilines is 1. The summed E-state index contributed by atoms with van der Waals surface area (Å²) in [5.74, 6) is -2.51. The van der Waals surface area contributed by atoms with E-state index in [1.54, 1.807) is 0 Å². The molecule has 0 unspecified atom stereocenters. The van der Waals surface area contributed by atoms with Crippen molar-refractivity contribution in [1.82, 2.24) is 19.7 Å². The zero-order chi connectivity index (χ0) is 23.0. The van der Waals surface area contributed by atoms with Gasteiger partial charge in [0, 0.05) is 50.2 Å². The first kappa shape index (κ1) is 22.9. The molecular weight excluding hydrogens is 449 g/mol. The predicted molar refractivity (Wildman–Crippen MR) is 97.8 cm³/mol. The normalized spacial score (nSPS) is 16.0. The molecule has 170 valence electrons. The van der Waals surface area contributed by atoms with Crippen LogP contribution in [0.15, 0.2) is 29.4 Å². The maximum absolute atomic E-state index is 14.9. The van der Waals surface area contributed by atoms with Crippen LogP contribution >= 0.6 is 0 Å². The number of nitrogens with one attached hydrogen (secondary N) is 1. The second-order valence-corrected chi connectivity index (χ2v) is 8.97. The van der Waals surface area contributed by atoms with Gasteiger partial charge in [-0.1, -0.05) is 0 Å². The molecule has 1 saturated heterocycles. The molecule has 0 bridgehead atoms. The van der Waals surface area contributed by atoms with Gasteiger partial charge in [0.1, 0.15) is 10.6 Å². The Hall–Kier alpha value is -2.77. The fourth-order valence-electron chi connectivity index (χ4n) is 3.31. The minimum absolute atomic E-state index is 0.114. The summed E-state index contributed by atoms with van der Waals surface area (Å²) in [6.45, 7) is -0.409. The molecule has 8 nitrogen and oxygen atoms in total. The van der Waals surface area contributed by atoms with Gasteiger partial charge >= 0.3 is 11.3 Å². The zero-order valence-corrected chi connectivity index (χ0v) is 16.9. The van der Waals surface area contributed by atoms with Crippen molar-refractivity contribution in [3.8, 4) is 0 Å². The van der Waals surface area contributed by atoms with Crippen molar-refractivity contribution in [3.63, 3.8) is 0 Å². The van der Waals surface area contributed by atoms with Crippen LogP contribution in [0.5, 0.6) is 0 Å². The number of piperidine rings is 1. The smallest absolute Gasteiger partial charge is 0.325 e. The number of nitrogens with zero attached hydrogens (tertiary/aromatic N) is 4. The summed E-state index contributed by atoms with van der Waals surface area (Å²) in [6, 6.07) is 1.63. The lowest BCUT2D eigenvalue weighted by atomic mass is 9.97. The van der Waals surface area contributed by atoms with E-state index in [0.717, 1.165) is 24.0 Å². The van der Waals surface area contributed by atoms with Crippen molar-refractivity contribution in [2.24, 2.45) is 13.0 Å². The van der Waals surface area contributed by atoms with Crippen LogP contribution in [0, 0.1) is 11.9 Å². The van der Waals surface area contributed by atoms with Gasteiger partial charge in [-0.05, 0) is 18.9 Å². The summed E-state index contributed by atoms with van der Waals surface area (Å²) < 4.78 is 94.8. The Kier molecular flexibility index (Phi) is 6.21. The first-order chi connectivity index (χ1) is 14.4. The lowest BCUT2D eigenvalue weighted by molar-refractivity contribution is 0.000232. The van der Waals surface area contributed by atoms with Crippen LogP contribution in [0.1, 0.15) is 25.0 Å². The first-order valence-electron chi connectivity index (χ1n) is 9.05. The molecule has 0 radical (unpaired) electrons. The molecule has 1 aliphatic heterocycles. The summed E-state index contributed by atoms with van der Waals surface area (Å²) in [5.41, 5.74) is -1.12. The van der Waals surface area contributed by atoms with E-state index in [0.29, 0.717) is 6.20 Å². The van der Waals surface area contributed by atoms with E-state index >= 15 is 0 Å². The first-order valence-corrected chi connectivity index (χ1v) is 10.5. The maximum atomic E-state index is 14.9. The molecule has 2 amide bonds. The van der Waals surface area contributed by atoms with Crippen LogP contribution in [0.4, 0.5) is 32.4 Å². The van der Waals surface area contributed by atoms with Crippen LogP contribution in [0.3, 0.4) is 0 Å². The summed E-state index contributed by atoms with van der Waals surface area (Å²) >= 11 is 0. The van der Waals surface area contributed by atoms with Gasteiger partial charge < -0.3 is 10.2 Å². The van der Waals surface area contributed by atoms with Gasteiger partial charge in [0.15, 0.2) is 0 Å². The molecule has 1 N–H and O–H groups in total. The molecule has 1 fully saturated rings. The van der Waals surface area contributed by atoms with E-state index in [9.17, 15) is 35.2 Å². The Bertz CT molecular complexity index is 1070. The summed E-state index contributed by atoms with van der Waals surface area (Å²) in [5, 5.41) is 1.33.